The van der Waals surface area contributed by atoms with Crippen LogP contribution in [0.3, 0.4) is 0 Å². The standard InChI is InChI=1S/2C35H38FNO5.C19H39NO8.C18H18N2O6/c2*1-22(2)34-33(30(40)19-24-11-9-23(3)10-12-24)32(25-7-5-4-6-8-25)35(26-13-15-27(36)16-14-26)37(34)18-17-28(38)20-29(39)21-31(41)42;1-3-4-19(21)20-5-6-23-9-10-25-13-14-27-17-18-28-16-15-26-12-11-24-8-7-22-2;1-2-4-10(21)9-26-13-6-3-5-11-15(13)18(25)20(17(11)24)12-7-8-14(22)19-16(12)23/h2*4-16,22,28-29,38-39H,17-21H2,1-3H3,(H,41,42);3-18H2,1-2H3,(H,20,21);3,5-6,12H,2,4,7-9H2,1H3,(H,19,22,23)/t2*28-,29-;;/m11../s1. The SMILES string of the molecule is CCCC(=O)COc1cccc2c1C(=O)N(C1CCC(=O)NC1=O)C2=O.CCCC(=O)NCCOCCOCCOCCOCCOCCOCCOC.Cc1ccc(CC(=O)c2c(-c3ccccc3)c(-c3ccc(F)cc3)n(CC[C@@H](O)C[C@@H](O)CC(=O)O)c2C(C)C)cc1.Cc1ccc(CC(=O)c2c(-c3ccccc3)c(-c3ccc(F)cc3)n(CC[C@@H](O)C[C@@H](O)CC(=O)O)c2C(C)C)cc1. The molecule has 0 aliphatic carbocycles. The van der Waals surface area contributed by atoms with E-state index in [0.717, 1.165) is 89.7 Å². The highest BCUT2D eigenvalue weighted by Crippen LogP contribution is 2.46. The van der Waals surface area contributed by atoms with E-state index >= 15 is 0 Å². The molecule has 2 aliphatic rings. The van der Waals surface area contributed by atoms with Crippen LogP contribution < -0.4 is 15.4 Å². The molecule has 29 nitrogen and oxygen atoms in total. The largest absolute Gasteiger partial charge is 0.485 e. The van der Waals surface area contributed by atoms with Gasteiger partial charge in [0.1, 0.15) is 30.0 Å². The minimum absolute atomic E-state index is 0.0408. The van der Waals surface area contributed by atoms with Gasteiger partial charge in [0.2, 0.25) is 17.7 Å². The number of imide groups is 2. The predicted molar refractivity (Wildman–Crippen MR) is 517 cm³/mol. The fraction of sp³-hybridized carbons (Fsp3) is 0.439. The Kier molecular flexibility index (Phi) is 47.3. The van der Waals surface area contributed by atoms with E-state index in [1.165, 1.54) is 36.4 Å². The Hall–Kier alpha value is -12.0. The van der Waals surface area contributed by atoms with E-state index in [1.807, 2.05) is 174 Å². The summed E-state index contributed by atoms with van der Waals surface area (Å²) in [6, 6.07) is 50.9. The zero-order valence-electron chi connectivity index (χ0n) is 80.3. The monoisotopic (exact) mass is 1910 g/mol. The topological polar surface area (TPSA) is 403 Å². The van der Waals surface area contributed by atoms with Gasteiger partial charge in [-0.2, -0.15) is 0 Å². The summed E-state index contributed by atoms with van der Waals surface area (Å²) >= 11 is 0. The molecule has 0 radical (unpaired) electrons. The number of benzene rings is 7. The van der Waals surface area contributed by atoms with Crippen LogP contribution in [0.5, 0.6) is 5.75 Å². The lowest BCUT2D eigenvalue weighted by Gasteiger charge is -2.27. The summed E-state index contributed by atoms with van der Waals surface area (Å²) in [5.74, 6) is -5.51. The smallest absolute Gasteiger partial charge is 0.305 e. The molecule has 1 fully saturated rings. The molecular formula is C107H133F2N5O24. The van der Waals surface area contributed by atoms with Crippen LogP contribution in [0.2, 0.25) is 0 Å². The first-order valence-corrected chi connectivity index (χ1v) is 47.0. The van der Waals surface area contributed by atoms with E-state index in [4.69, 9.17) is 48.1 Å². The number of aliphatic hydroxyl groups excluding tert-OH is 4. The van der Waals surface area contributed by atoms with Gasteiger partial charge in [-0.3, -0.25) is 58.2 Å². The van der Waals surface area contributed by atoms with E-state index in [-0.39, 0.29) is 122 Å². The second-order valence-corrected chi connectivity index (χ2v) is 34.3. The number of hydrogen-bond acceptors (Lipinski definition) is 22. The Labute approximate surface area is 805 Å². The normalized spacial score (nSPS) is 13.7. The van der Waals surface area contributed by atoms with Crippen LogP contribution in [-0.2, 0) is 87.9 Å². The molecule has 11 rings (SSSR count). The van der Waals surface area contributed by atoms with Crippen molar-refractivity contribution in [1.29, 1.82) is 0 Å². The molecule has 0 bridgehead atoms. The molecule has 9 aromatic rings. The van der Waals surface area contributed by atoms with Crippen LogP contribution in [0.1, 0.15) is 206 Å². The van der Waals surface area contributed by atoms with E-state index in [0.29, 0.717) is 136 Å². The number of carbonyl (C=O) groups is 10. The Balaban J connectivity index is 0.000000231. The predicted octanol–water partition coefficient (Wildman–Crippen LogP) is 15.1. The Morgan fingerprint density at radius 2 is 0.877 bits per heavy atom. The van der Waals surface area contributed by atoms with Crippen molar-refractivity contribution in [3.8, 4) is 50.5 Å². The number of piperidine rings is 1. The number of ketones is 3. The fourth-order valence-corrected chi connectivity index (χ4v) is 16.1. The van der Waals surface area contributed by atoms with Crippen molar-refractivity contribution in [3.63, 3.8) is 0 Å². The third-order valence-corrected chi connectivity index (χ3v) is 22.6. The van der Waals surface area contributed by atoms with Crippen molar-refractivity contribution in [1.82, 2.24) is 24.7 Å². The number of hydrogen-bond donors (Lipinski definition) is 8. The summed E-state index contributed by atoms with van der Waals surface area (Å²) in [7, 11) is 1.64. The van der Waals surface area contributed by atoms with Gasteiger partial charge < -0.3 is 83.0 Å². The molecular weight excluding hydrogens is 1780 g/mol. The van der Waals surface area contributed by atoms with Crippen LogP contribution in [0.15, 0.2) is 176 Å². The number of aliphatic carboxylic acids is 2. The number of ether oxygens (including phenoxy) is 8. The maximum absolute atomic E-state index is 14.2. The second kappa shape index (κ2) is 58.7. The van der Waals surface area contributed by atoms with Gasteiger partial charge in [0, 0.05) is 92.5 Å². The molecule has 4 heterocycles. The fourth-order valence-electron chi connectivity index (χ4n) is 16.1. The summed E-state index contributed by atoms with van der Waals surface area (Å²) < 4.78 is 74.7. The van der Waals surface area contributed by atoms with Crippen LogP contribution >= 0.6 is 0 Å². The molecule has 8 N–H and O–H groups in total. The third-order valence-electron chi connectivity index (χ3n) is 22.6. The lowest BCUT2D eigenvalue weighted by atomic mass is 9.90. The molecule has 5 atom stereocenters. The maximum atomic E-state index is 14.2. The van der Waals surface area contributed by atoms with Crippen molar-refractivity contribution >= 4 is 58.8 Å². The highest BCUT2D eigenvalue weighted by atomic mass is 19.1. The van der Waals surface area contributed by atoms with Crippen molar-refractivity contribution in [3.05, 3.63) is 243 Å². The van der Waals surface area contributed by atoms with Gasteiger partial charge in [-0.1, -0.05) is 168 Å². The molecule has 7 aromatic carbocycles. The van der Waals surface area contributed by atoms with Crippen LogP contribution in [0, 0.1) is 25.5 Å². The molecule has 2 aliphatic heterocycles. The molecule has 0 saturated carbocycles. The van der Waals surface area contributed by atoms with Crippen LogP contribution in [0.25, 0.3) is 44.8 Å². The van der Waals surface area contributed by atoms with E-state index in [2.05, 4.69) is 10.6 Å². The number of carboxylic acids is 2. The zero-order valence-corrected chi connectivity index (χ0v) is 80.3. The molecule has 1 unspecified atom stereocenters. The van der Waals surface area contributed by atoms with Crippen molar-refractivity contribution < 1.29 is 125 Å². The summed E-state index contributed by atoms with van der Waals surface area (Å²) in [5.41, 5.74) is 13.1. The lowest BCUT2D eigenvalue weighted by molar-refractivity contribution is -0.140. The molecule has 744 valence electrons. The Morgan fingerprint density at radius 3 is 1.26 bits per heavy atom. The molecule has 138 heavy (non-hydrogen) atoms. The highest BCUT2D eigenvalue weighted by molar-refractivity contribution is 6.24. The highest BCUT2D eigenvalue weighted by Gasteiger charge is 2.46. The minimum atomic E-state index is -1.17. The first kappa shape index (κ1) is 111. The van der Waals surface area contributed by atoms with Gasteiger partial charge in [0.25, 0.3) is 11.8 Å². The van der Waals surface area contributed by atoms with Gasteiger partial charge in [-0.15, -0.1) is 0 Å². The average Bonchev–Trinajstić information content (AvgIpc) is 1.60. The number of nitrogens with zero attached hydrogens (tertiary/aromatic N) is 3. The number of carboxylic acid groups (broad SMARTS) is 2. The molecule has 2 aromatic heterocycles. The number of halogens is 2. The quantitative estimate of drug-likeness (QED) is 0.00997. The number of methoxy groups -OCH3 is 1. The van der Waals surface area contributed by atoms with Crippen molar-refractivity contribution in [2.45, 2.75) is 201 Å². The number of nitrogens with one attached hydrogen (secondary N) is 2. The second-order valence-electron chi connectivity index (χ2n) is 34.3. The summed E-state index contributed by atoms with van der Waals surface area (Å²) in [6.45, 7) is 23.9. The summed E-state index contributed by atoms with van der Waals surface area (Å²) in [6.07, 6.45) is -1.87. The number of aliphatic hydroxyl groups is 4. The maximum Gasteiger partial charge on any atom is 0.305 e. The van der Waals surface area contributed by atoms with Crippen molar-refractivity contribution in [2.75, 3.05) is 106 Å². The van der Waals surface area contributed by atoms with E-state index in [9.17, 15) is 77.2 Å². The minimum Gasteiger partial charge on any atom is -0.485 e. The number of fused-ring (bicyclic) bond motifs is 1. The average molecular weight is 1910 g/mol. The molecule has 1 saturated heterocycles. The van der Waals surface area contributed by atoms with Crippen LogP contribution in [0.4, 0.5) is 8.78 Å². The first-order chi connectivity index (χ1) is 66.3. The number of aromatic nitrogens is 2. The number of amides is 5. The van der Waals surface area contributed by atoms with E-state index in [1.54, 1.807) is 37.4 Å². The third kappa shape index (κ3) is 35.2. The lowest BCUT2D eigenvalue weighted by Crippen LogP contribution is -2.54. The number of rotatable bonds is 55. The Bertz CT molecular complexity index is 5140. The number of carbonyl (C=O) groups excluding carboxylic acids is 8. The first-order valence-electron chi connectivity index (χ1n) is 47.0. The van der Waals surface area contributed by atoms with Crippen molar-refractivity contribution in [2.24, 2.45) is 0 Å². The molecule has 5 amide bonds. The van der Waals surface area contributed by atoms with Crippen LogP contribution in [-0.4, -0.2) is 240 Å². The van der Waals surface area contributed by atoms with Gasteiger partial charge in [0.05, 0.1) is 146 Å². The summed E-state index contributed by atoms with van der Waals surface area (Å²) in [5, 5.41) is 64.6. The molecule has 31 heteroatoms. The number of aryl methyl sites for hydroxylation is 2. The Morgan fingerprint density at radius 1 is 0.471 bits per heavy atom. The van der Waals surface area contributed by atoms with Gasteiger partial charge in [0.15, 0.2) is 17.3 Å². The van der Waals surface area contributed by atoms with Gasteiger partial charge in [-0.25, -0.2) is 8.78 Å². The number of Topliss-reactive ketones (excluding diaryl/α,β-unsaturated/α-hetero) is 3. The zero-order chi connectivity index (χ0) is 100. The molecule has 0 spiro atoms. The van der Waals surface area contributed by atoms with Gasteiger partial charge in [-0.05, 0) is 165 Å². The van der Waals surface area contributed by atoms with Gasteiger partial charge >= 0.3 is 11.9 Å². The van der Waals surface area contributed by atoms with E-state index < -0.39 is 78.9 Å². The summed E-state index contributed by atoms with van der Waals surface area (Å²) in [4.78, 5) is 123.